The number of methoxy groups -OCH3 is 2. The molecule has 0 unspecified atom stereocenters. The molecule has 4 nitrogen and oxygen atoms in total. The standard InChI is InChI=1S/C9H10INO3/c1-13-8(12)5-6-7(10)3-4-11-9(6)14-2/h3-4H,5H2,1-2H3. The van der Waals surface area contributed by atoms with Crippen molar-refractivity contribution in [2.45, 2.75) is 6.42 Å². The van der Waals surface area contributed by atoms with Crippen LogP contribution in [0.2, 0.25) is 0 Å². The Kier molecular flexibility index (Phi) is 4.12. The van der Waals surface area contributed by atoms with Crippen molar-refractivity contribution in [3.05, 3.63) is 21.4 Å². The molecule has 0 amide bonds. The van der Waals surface area contributed by atoms with Gasteiger partial charge in [-0.05, 0) is 28.7 Å². The van der Waals surface area contributed by atoms with Crippen molar-refractivity contribution in [3.8, 4) is 5.88 Å². The Hall–Kier alpha value is -0.850. The SMILES string of the molecule is COC(=O)Cc1c(I)ccnc1OC. The van der Waals surface area contributed by atoms with E-state index < -0.39 is 0 Å². The maximum atomic E-state index is 11.1. The Morgan fingerprint density at radius 2 is 2.29 bits per heavy atom. The van der Waals surface area contributed by atoms with Crippen LogP contribution in [0.4, 0.5) is 0 Å². The van der Waals surface area contributed by atoms with E-state index in [-0.39, 0.29) is 12.4 Å². The molecule has 1 aromatic heterocycles. The maximum Gasteiger partial charge on any atom is 0.310 e. The van der Waals surface area contributed by atoms with Gasteiger partial charge in [-0.1, -0.05) is 0 Å². The summed E-state index contributed by atoms with van der Waals surface area (Å²) in [5, 5.41) is 0. The van der Waals surface area contributed by atoms with Crippen LogP contribution in [0.15, 0.2) is 12.3 Å². The van der Waals surface area contributed by atoms with Gasteiger partial charge >= 0.3 is 5.97 Å². The molecule has 0 fully saturated rings. The second-order valence-corrected chi connectivity index (χ2v) is 3.70. The van der Waals surface area contributed by atoms with E-state index >= 15 is 0 Å². The smallest absolute Gasteiger partial charge is 0.310 e. The number of nitrogens with zero attached hydrogens (tertiary/aromatic N) is 1. The van der Waals surface area contributed by atoms with Gasteiger partial charge in [0.15, 0.2) is 0 Å². The molecule has 0 bridgehead atoms. The second kappa shape index (κ2) is 5.14. The molecule has 1 heterocycles. The predicted molar refractivity (Wildman–Crippen MR) is 59.2 cm³/mol. The Morgan fingerprint density at radius 3 is 2.86 bits per heavy atom. The van der Waals surface area contributed by atoms with Crippen LogP contribution in [0, 0.1) is 3.57 Å². The topological polar surface area (TPSA) is 48.4 Å². The monoisotopic (exact) mass is 307 g/mol. The van der Waals surface area contributed by atoms with Crippen molar-refractivity contribution in [3.63, 3.8) is 0 Å². The van der Waals surface area contributed by atoms with E-state index in [2.05, 4.69) is 32.3 Å². The minimum absolute atomic E-state index is 0.186. The van der Waals surface area contributed by atoms with Crippen LogP contribution >= 0.6 is 22.6 Å². The molecular formula is C9H10INO3. The molecule has 0 atom stereocenters. The van der Waals surface area contributed by atoms with Crippen molar-refractivity contribution in [2.75, 3.05) is 14.2 Å². The molecule has 0 N–H and O–H groups in total. The maximum absolute atomic E-state index is 11.1. The normalized spacial score (nSPS) is 9.64. The van der Waals surface area contributed by atoms with E-state index in [0.29, 0.717) is 5.88 Å². The quantitative estimate of drug-likeness (QED) is 0.626. The van der Waals surface area contributed by atoms with Gasteiger partial charge in [-0.3, -0.25) is 4.79 Å². The average molecular weight is 307 g/mol. The summed E-state index contributed by atoms with van der Waals surface area (Å²) < 4.78 is 10.6. The molecule has 1 rings (SSSR count). The second-order valence-electron chi connectivity index (χ2n) is 2.53. The minimum Gasteiger partial charge on any atom is -0.481 e. The molecule has 1 aromatic rings. The first kappa shape index (κ1) is 11.2. The lowest BCUT2D eigenvalue weighted by molar-refractivity contribution is -0.139. The number of halogens is 1. The van der Waals surface area contributed by atoms with Crippen LogP contribution in [-0.4, -0.2) is 25.2 Å². The van der Waals surface area contributed by atoms with E-state index in [1.807, 2.05) is 6.07 Å². The van der Waals surface area contributed by atoms with Gasteiger partial charge in [-0.25, -0.2) is 4.98 Å². The van der Waals surface area contributed by atoms with Gasteiger partial charge in [0, 0.05) is 15.3 Å². The van der Waals surface area contributed by atoms with Crippen molar-refractivity contribution in [2.24, 2.45) is 0 Å². The molecule has 0 aliphatic carbocycles. The van der Waals surface area contributed by atoms with Crippen molar-refractivity contribution in [1.82, 2.24) is 4.98 Å². The number of ether oxygens (including phenoxy) is 2. The van der Waals surface area contributed by atoms with Crippen molar-refractivity contribution >= 4 is 28.6 Å². The van der Waals surface area contributed by atoms with Crippen LogP contribution in [0.1, 0.15) is 5.56 Å². The van der Waals surface area contributed by atoms with E-state index in [1.54, 1.807) is 6.20 Å². The summed E-state index contributed by atoms with van der Waals surface area (Å²) in [5.74, 6) is 0.177. The highest BCUT2D eigenvalue weighted by Crippen LogP contribution is 2.21. The highest BCUT2D eigenvalue weighted by atomic mass is 127. The Balaban J connectivity index is 2.98. The number of carbonyl (C=O) groups excluding carboxylic acids is 1. The fourth-order valence-corrected chi connectivity index (χ4v) is 1.59. The lowest BCUT2D eigenvalue weighted by Crippen LogP contribution is -2.08. The van der Waals surface area contributed by atoms with E-state index in [4.69, 9.17) is 4.74 Å². The van der Waals surface area contributed by atoms with E-state index in [1.165, 1.54) is 14.2 Å². The van der Waals surface area contributed by atoms with Gasteiger partial charge in [0.25, 0.3) is 0 Å². The highest BCUT2D eigenvalue weighted by Gasteiger charge is 2.12. The molecule has 0 saturated carbocycles. The first-order valence-corrected chi connectivity index (χ1v) is 5.01. The molecule has 0 saturated heterocycles. The number of carbonyl (C=O) groups is 1. The third-order valence-electron chi connectivity index (χ3n) is 1.70. The zero-order valence-electron chi connectivity index (χ0n) is 7.91. The molecule has 0 aliphatic rings. The average Bonchev–Trinajstić information content (AvgIpc) is 2.20. The number of rotatable bonds is 3. The number of hydrogen-bond donors (Lipinski definition) is 0. The molecule has 0 spiro atoms. The summed E-state index contributed by atoms with van der Waals surface area (Å²) in [6.45, 7) is 0. The van der Waals surface area contributed by atoms with E-state index in [9.17, 15) is 4.79 Å². The van der Waals surface area contributed by atoms with Gasteiger partial charge < -0.3 is 9.47 Å². The summed E-state index contributed by atoms with van der Waals surface area (Å²) >= 11 is 2.13. The van der Waals surface area contributed by atoms with Gasteiger partial charge in [0.2, 0.25) is 5.88 Å². The summed E-state index contributed by atoms with van der Waals surface area (Å²) in [5.41, 5.74) is 0.766. The van der Waals surface area contributed by atoms with E-state index in [0.717, 1.165) is 9.13 Å². The molecule has 5 heteroatoms. The van der Waals surface area contributed by atoms with Crippen LogP contribution in [0.3, 0.4) is 0 Å². The molecular weight excluding hydrogens is 297 g/mol. The molecule has 14 heavy (non-hydrogen) atoms. The zero-order chi connectivity index (χ0) is 10.6. The van der Waals surface area contributed by atoms with Gasteiger partial charge in [0.1, 0.15) is 0 Å². The molecule has 76 valence electrons. The van der Waals surface area contributed by atoms with Crippen LogP contribution in [0.5, 0.6) is 5.88 Å². The van der Waals surface area contributed by atoms with Gasteiger partial charge in [0.05, 0.1) is 20.6 Å². The lowest BCUT2D eigenvalue weighted by atomic mass is 10.2. The first-order chi connectivity index (χ1) is 6.69. The molecule has 0 aromatic carbocycles. The number of hydrogen-bond acceptors (Lipinski definition) is 4. The number of aromatic nitrogens is 1. The highest BCUT2D eigenvalue weighted by molar-refractivity contribution is 14.1. The van der Waals surface area contributed by atoms with Crippen LogP contribution < -0.4 is 4.74 Å². The summed E-state index contributed by atoms with van der Waals surface area (Å²) in [7, 11) is 2.89. The van der Waals surface area contributed by atoms with Crippen molar-refractivity contribution < 1.29 is 14.3 Å². The fraction of sp³-hybridized carbons (Fsp3) is 0.333. The summed E-state index contributed by atoms with van der Waals surface area (Å²) in [6.07, 6.45) is 1.83. The van der Waals surface area contributed by atoms with Crippen molar-refractivity contribution in [1.29, 1.82) is 0 Å². The molecule has 0 aliphatic heterocycles. The Labute approximate surface area is 95.8 Å². The first-order valence-electron chi connectivity index (χ1n) is 3.93. The number of esters is 1. The number of pyridine rings is 1. The van der Waals surface area contributed by atoms with Crippen LogP contribution in [0.25, 0.3) is 0 Å². The minimum atomic E-state index is -0.297. The third-order valence-corrected chi connectivity index (χ3v) is 2.71. The zero-order valence-corrected chi connectivity index (χ0v) is 10.1. The summed E-state index contributed by atoms with van der Waals surface area (Å²) in [6, 6.07) is 1.82. The van der Waals surface area contributed by atoms with Gasteiger partial charge in [-0.15, -0.1) is 0 Å². The third kappa shape index (κ3) is 2.57. The Bertz CT molecular complexity index is 341. The van der Waals surface area contributed by atoms with Crippen LogP contribution in [-0.2, 0) is 16.0 Å². The largest absolute Gasteiger partial charge is 0.481 e. The van der Waals surface area contributed by atoms with Gasteiger partial charge in [-0.2, -0.15) is 0 Å². The predicted octanol–water partition coefficient (Wildman–Crippen LogP) is 1.41. The summed E-state index contributed by atoms with van der Waals surface area (Å²) in [4.78, 5) is 15.1. The molecule has 0 radical (unpaired) electrons. The fourth-order valence-electron chi connectivity index (χ4n) is 1.00. The Morgan fingerprint density at radius 1 is 1.57 bits per heavy atom. The lowest BCUT2D eigenvalue weighted by Gasteiger charge is -2.07.